The van der Waals surface area contributed by atoms with Crippen molar-refractivity contribution < 1.29 is 18.7 Å². The van der Waals surface area contributed by atoms with E-state index in [1.54, 1.807) is 0 Å². The van der Waals surface area contributed by atoms with E-state index in [2.05, 4.69) is 0 Å². The van der Waals surface area contributed by atoms with Crippen molar-refractivity contribution in [2.75, 3.05) is 19.7 Å². The Morgan fingerprint density at radius 3 is 2.79 bits per heavy atom. The lowest BCUT2D eigenvalue weighted by Crippen LogP contribution is -2.39. The number of nitrogens with zero attached hydrogens (tertiary/aromatic N) is 1. The zero-order valence-corrected chi connectivity index (χ0v) is 7.75. The van der Waals surface area contributed by atoms with Crippen molar-refractivity contribution >= 4 is 5.91 Å². The van der Waals surface area contributed by atoms with Gasteiger partial charge in [0.25, 0.3) is 5.92 Å². The Hall–Kier alpha value is -0.750. The summed E-state index contributed by atoms with van der Waals surface area (Å²) in [6, 6.07) is -0.760. The minimum Gasteiger partial charge on any atom is -0.394 e. The van der Waals surface area contributed by atoms with Crippen molar-refractivity contribution in [3.05, 3.63) is 0 Å². The molecule has 1 aliphatic heterocycles. The monoisotopic (exact) mass is 208 g/mol. The van der Waals surface area contributed by atoms with Crippen LogP contribution in [0.4, 0.5) is 8.78 Å². The Morgan fingerprint density at radius 1 is 1.64 bits per heavy atom. The van der Waals surface area contributed by atoms with E-state index < -0.39 is 37.4 Å². The molecule has 0 bridgehead atoms. The fourth-order valence-electron chi connectivity index (χ4n) is 1.62. The minimum atomic E-state index is -2.88. The van der Waals surface area contributed by atoms with Gasteiger partial charge in [-0.25, -0.2) is 8.78 Å². The summed E-state index contributed by atoms with van der Waals surface area (Å²) < 4.78 is 25.8. The highest BCUT2D eigenvalue weighted by Gasteiger charge is 2.46. The molecule has 0 aromatic rings. The van der Waals surface area contributed by atoms with E-state index in [0.717, 1.165) is 4.90 Å². The van der Waals surface area contributed by atoms with Gasteiger partial charge in [0.05, 0.1) is 19.2 Å². The highest BCUT2D eigenvalue weighted by molar-refractivity contribution is 5.77. The Bertz CT molecular complexity index is 223. The summed E-state index contributed by atoms with van der Waals surface area (Å²) in [7, 11) is 0. The Labute approximate surface area is 80.7 Å². The number of amides is 1. The first-order valence-corrected chi connectivity index (χ1v) is 4.48. The second kappa shape index (κ2) is 4.18. The lowest BCUT2D eigenvalue weighted by molar-refractivity contribution is -0.133. The van der Waals surface area contributed by atoms with Gasteiger partial charge in [-0.2, -0.15) is 0 Å². The molecule has 4 nitrogen and oxygen atoms in total. The third-order valence-electron chi connectivity index (χ3n) is 2.27. The molecule has 0 aliphatic carbocycles. The van der Waals surface area contributed by atoms with Crippen molar-refractivity contribution in [2.45, 2.75) is 24.8 Å². The first-order valence-electron chi connectivity index (χ1n) is 4.48. The van der Waals surface area contributed by atoms with Gasteiger partial charge in [-0.15, -0.1) is 0 Å². The van der Waals surface area contributed by atoms with E-state index in [-0.39, 0.29) is 13.0 Å². The predicted octanol–water partition coefficient (Wildman–Crippen LogP) is -0.436. The zero-order valence-electron chi connectivity index (χ0n) is 7.75. The van der Waals surface area contributed by atoms with Gasteiger partial charge in [0.2, 0.25) is 5.91 Å². The summed E-state index contributed by atoms with van der Waals surface area (Å²) in [5.41, 5.74) is 5.15. The van der Waals surface area contributed by atoms with Crippen LogP contribution in [0.1, 0.15) is 12.8 Å². The number of aliphatic hydroxyl groups is 1. The Balaban J connectivity index is 2.63. The van der Waals surface area contributed by atoms with Gasteiger partial charge in [-0.05, 0) is 0 Å². The van der Waals surface area contributed by atoms with Crippen LogP contribution in [-0.2, 0) is 4.79 Å². The molecule has 0 unspecified atom stereocenters. The molecule has 14 heavy (non-hydrogen) atoms. The van der Waals surface area contributed by atoms with Gasteiger partial charge in [0.15, 0.2) is 0 Å². The molecule has 1 atom stereocenters. The first-order chi connectivity index (χ1) is 6.50. The molecule has 1 saturated heterocycles. The van der Waals surface area contributed by atoms with Gasteiger partial charge < -0.3 is 15.7 Å². The molecule has 6 heteroatoms. The van der Waals surface area contributed by atoms with E-state index in [4.69, 9.17) is 10.8 Å². The SMILES string of the molecule is NCCC(=O)N1CC(F)(F)C[C@@H]1CO. The molecule has 1 fully saturated rings. The summed E-state index contributed by atoms with van der Waals surface area (Å²) in [5, 5.41) is 8.83. The molecule has 0 spiro atoms. The molecule has 1 amide bonds. The van der Waals surface area contributed by atoms with Crippen molar-refractivity contribution in [2.24, 2.45) is 5.73 Å². The van der Waals surface area contributed by atoms with Crippen LogP contribution in [0.25, 0.3) is 0 Å². The van der Waals surface area contributed by atoms with Gasteiger partial charge in [-0.3, -0.25) is 4.79 Å². The normalized spacial score (nSPS) is 25.4. The number of nitrogens with two attached hydrogens (primary N) is 1. The second-order valence-corrected chi connectivity index (χ2v) is 3.46. The van der Waals surface area contributed by atoms with E-state index >= 15 is 0 Å². The highest BCUT2D eigenvalue weighted by atomic mass is 19.3. The molecule has 1 rings (SSSR count). The summed E-state index contributed by atoms with van der Waals surface area (Å²) in [6.45, 7) is -0.887. The second-order valence-electron chi connectivity index (χ2n) is 3.46. The van der Waals surface area contributed by atoms with Crippen LogP contribution in [0, 0.1) is 0 Å². The van der Waals surface area contributed by atoms with Crippen LogP contribution in [0.2, 0.25) is 0 Å². The topological polar surface area (TPSA) is 66.6 Å². The third-order valence-corrected chi connectivity index (χ3v) is 2.27. The Kier molecular flexibility index (Phi) is 3.38. The number of hydrogen-bond donors (Lipinski definition) is 2. The summed E-state index contributed by atoms with van der Waals surface area (Å²) in [4.78, 5) is 12.3. The van der Waals surface area contributed by atoms with Crippen molar-refractivity contribution in [3.63, 3.8) is 0 Å². The van der Waals surface area contributed by atoms with E-state index in [1.165, 1.54) is 0 Å². The number of carbonyl (C=O) groups is 1. The smallest absolute Gasteiger partial charge is 0.267 e. The number of rotatable bonds is 3. The molecular formula is C8H14F2N2O2. The average molecular weight is 208 g/mol. The molecular weight excluding hydrogens is 194 g/mol. The quantitative estimate of drug-likeness (QED) is 0.661. The maximum Gasteiger partial charge on any atom is 0.267 e. The van der Waals surface area contributed by atoms with Gasteiger partial charge in [0, 0.05) is 19.4 Å². The maximum atomic E-state index is 12.9. The molecule has 0 aromatic heterocycles. The fourth-order valence-corrected chi connectivity index (χ4v) is 1.62. The highest BCUT2D eigenvalue weighted by Crippen LogP contribution is 2.31. The van der Waals surface area contributed by atoms with E-state index in [9.17, 15) is 13.6 Å². The summed E-state index contributed by atoms with van der Waals surface area (Å²) in [5.74, 6) is -3.29. The molecule has 1 heterocycles. The predicted molar refractivity (Wildman–Crippen MR) is 45.8 cm³/mol. The van der Waals surface area contributed by atoms with Crippen LogP contribution in [-0.4, -0.2) is 47.6 Å². The van der Waals surface area contributed by atoms with Crippen molar-refractivity contribution in [1.82, 2.24) is 4.90 Å². The number of hydrogen-bond acceptors (Lipinski definition) is 3. The number of likely N-dealkylation sites (tertiary alicyclic amines) is 1. The Morgan fingerprint density at radius 2 is 2.29 bits per heavy atom. The maximum absolute atomic E-state index is 12.9. The third kappa shape index (κ3) is 2.39. The molecule has 0 radical (unpaired) electrons. The first kappa shape index (κ1) is 11.3. The lowest BCUT2D eigenvalue weighted by Gasteiger charge is -2.21. The molecule has 1 aliphatic rings. The zero-order chi connectivity index (χ0) is 10.8. The fraction of sp³-hybridized carbons (Fsp3) is 0.875. The summed E-state index contributed by atoms with van der Waals surface area (Å²) >= 11 is 0. The van der Waals surface area contributed by atoms with Crippen molar-refractivity contribution in [3.8, 4) is 0 Å². The van der Waals surface area contributed by atoms with Crippen LogP contribution in [0.5, 0.6) is 0 Å². The minimum absolute atomic E-state index is 0.0482. The van der Waals surface area contributed by atoms with Crippen LogP contribution in [0.15, 0.2) is 0 Å². The van der Waals surface area contributed by atoms with Crippen LogP contribution in [0.3, 0.4) is 0 Å². The van der Waals surface area contributed by atoms with Crippen molar-refractivity contribution in [1.29, 1.82) is 0 Å². The molecule has 82 valence electrons. The standard InChI is InChI=1S/C8H14F2N2O2/c9-8(10)3-6(4-13)12(5-8)7(14)1-2-11/h6,13H,1-5,11H2/t6-/m1/s1. The number of aliphatic hydroxyl groups excluding tert-OH is 1. The van der Waals surface area contributed by atoms with Gasteiger partial charge >= 0.3 is 0 Å². The summed E-state index contributed by atoms with van der Waals surface area (Å²) in [6.07, 6.45) is -0.410. The number of alkyl halides is 2. The largest absolute Gasteiger partial charge is 0.394 e. The lowest BCUT2D eigenvalue weighted by atomic mass is 10.2. The molecule has 0 saturated carbocycles. The van der Waals surface area contributed by atoms with E-state index in [0.29, 0.717) is 0 Å². The molecule has 0 aromatic carbocycles. The van der Waals surface area contributed by atoms with Crippen LogP contribution >= 0.6 is 0 Å². The van der Waals surface area contributed by atoms with E-state index in [1.807, 2.05) is 0 Å². The average Bonchev–Trinajstić information content (AvgIpc) is 2.41. The number of carbonyl (C=O) groups excluding carboxylic acids is 1. The van der Waals surface area contributed by atoms with Gasteiger partial charge in [0.1, 0.15) is 0 Å². The van der Waals surface area contributed by atoms with Gasteiger partial charge in [-0.1, -0.05) is 0 Å². The van der Waals surface area contributed by atoms with Crippen LogP contribution < -0.4 is 5.73 Å². The molecule has 3 N–H and O–H groups in total. The number of halogens is 2.